The Morgan fingerprint density at radius 1 is 1.05 bits per heavy atom. The average molecular weight is 347 g/mol. The summed E-state index contributed by atoms with van der Waals surface area (Å²) < 4.78 is 1.01. The molecule has 4 heteroatoms. The normalized spacial score (nSPS) is 11.8. The lowest BCUT2D eigenvalue weighted by atomic mass is 10.1. The van der Waals surface area contributed by atoms with E-state index < -0.39 is 0 Å². The highest BCUT2D eigenvalue weighted by Crippen LogP contribution is 2.16. The Bertz CT molecular complexity index is 593. The molecule has 2 rings (SSSR count). The number of carbonyl (C=O) groups is 1. The molecule has 21 heavy (non-hydrogen) atoms. The highest BCUT2D eigenvalue weighted by Gasteiger charge is 2.12. The summed E-state index contributed by atoms with van der Waals surface area (Å²) in [7, 11) is 0. The fraction of sp³-hybridized carbons (Fsp3) is 0.235. The van der Waals surface area contributed by atoms with Gasteiger partial charge in [-0.2, -0.15) is 0 Å². The molecule has 0 heterocycles. The van der Waals surface area contributed by atoms with Crippen molar-refractivity contribution in [3.05, 3.63) is 58.6 Å². The SMILES string of the molecule is CCc1ccc(NC(=O)[C@H](C)Nc2ccc(Br)cc2)cc1. The maximum atomic E-state index is 12.2. The Kier molecular flexibility index (Phi) is 5.39. The first-order valence-corrected chi connectivity index (χ1v) is 7.79. The third-order valence-corrected chi connectivity index (χ3v) is 3.78. The average Bonchev–Trinajstić information content (AvgIpc) is 2.50. The summed E-state index contributed by atoms with van der Waals surface area (Å²) in [5.41, 5.74) is 3.00. The van der Waals surface area contributed by atoms with Gasteiger partial charge in [-0.05, 0) is 55.3 Å². The number of rotatable bonds is 5. The summed E-state index contributed by atoms with van der Waals surface area (Å²) in [4.78, 5) is 12.2. The minimum atomic E-state index is -0.308. The van der Waals surface area contributed by atoms with Crippen molar-refractivity contribution in [3.8, 4) is 0 Å². The molecule has 0 aliphatic rings. The van der Waals surface area contributed by atoms with Crippen molar-refractivity contribution in [2.45, 2.75) is 26.3 Å². The second-order valence-corrected chi connectivity index (χ2v) is 5.83. The van der Waals surface area contributed by atoms with E-state index in [-0.39, 0.29) is 11.9 Å². The number of amides is 1. The molecule has 0 spiro atoms. The van der Waals surface area contributed by atoms with Crippen LogP contribution in [0.1, 0.15) is 19.4 Å². The lowest BCUT2D eigenvalue weighted by Gasteiger charge is -2.15. The van der Waals surface area contributed by atoms with E-state index in [2.05, 4.69) is 33.5 Å². The number of anilines is 2. The van der Waals surface area contributed by atoms with E-state index in [1.807, 2.05) is 55.5 Å². The van der Waals surface area contributed by atoms with Crippen LogP contribution in [0.4, 0.5) is 11.4 Å². The standard InChI is InChI=1S/C17H19BrN2O/c1-3-13-4-8-16(9-5-13)20-17(21)12(2)19-15-10-6-14(18)7-11-15/h4-12,19H,3H2,1-2H3,(H,20,21)/t12-/m0/s1. The van der Waals surface area contributed by atoms with Crippen LogP contribution >= 0.6 is 15.9 Å². The van der Waals surface area contributed by atoms with Crippen LogP contribution in [0.15, 0.2) is 53.0 Å². The van der Waals surface area contributed by atoms with E-state index >= 15 is 0 Å². The number of aryl methyl sites for hydroxylation is 1. The Morgan fingerprint density at radius 2 is 1.62 bits per heavy atom. The predicted molar refractivity (Wildman–Crippen MR) is 91.7 cm³/mol. The zero-order valence-electron chi connectivity index (χ0n) is 12.2. The van der Waals surface area contributed by atoms with Crippen LogP contribution in [0.3, 0.4) is 0 Å². The van der Waals surface area contributed by atoms with E-state index in [0.29, 0.717) is 0 Å². The minimum absolute atomic E-state index is 0.0535. The van der Waals surface area contributed by atoms with Gasteiger partial charge in [0.2, 0.25) is 5.91 Å². The number of hydrogen-bond acceptors (Lipinski definition) is 2. The lowest BCUT2D eigenvalue weighted by Crippen LogP contribution is -2.31. The molecule has 110 valence electrons. The van der Waals surface area contributed by atoms with E-state index in [1.54, 1.807) is 0 Å². The molecule has 1 amide bonds. The van der Waals surface area contributed by atoms with Crippen LogP contribution in [-0.2, 0) is 11.2 Å². The molecule has 0 aliphatic heterocycles. The zero-order valence-corrected chi connectivity index (χ0v) is 13.8. The van der Waals surface area contributed by atoms with Gasteiger partial charge in [-0.25, -0.2) is 0 Å². The van der Waals surface area contributed by atoms with Crippen molar-refractivity contribution in [2.75, 3.05) is 10.6 Å². The van der Waals surface area contributed by atoms with Crippen LogP contribution in [-0.4, -0.2) is 11.9 Å². The monoisotopic (exact) mass is 346 g/mol. The van der Waals surface area contributed by atoms with Gasteiger partial charge < -0.3 is 10.6 Å². The van der Waals surface area contributed by atoms with Crippen molar-refractivity contribution >= 4 is 33.2 Å². The summed E-state index contributed by atoms with van der Waals surface area (Å²) in [5, 5.41) is 6.09. The first-order chi connectivity index (χ1) is 10.1. The molecule has 0 aliphatic carbocycles. The first-order valence-electron chi connectivity index (χ1n) is 7.00. The second-order valence-electron chi connectivity index (χ2n) is 4.91. The Morgan fingerprint density at radius 3 is 2.19 bits per heavy atom. The topological polar surface area (TPSA) is 41.1 Å². The Hall–Kier alpha value is -1.81. The molecule has 0 fully saturated rings. The maximum absolute atomic E-state index is 12.2. The molecular formula is C17H19BrN2O. The molecule has 0 radical (unpaired) electrons. The molecule has 1 atom stereocenters. The fourth-order valence-corrected chi connectivity index (χ4v) is 2.20. The predicted octanol–water partition coefficient (Wildman–Crippen LogP) is 4.45. The molecule has 0 unspecified atom stereocenters. The van der Waals surface area contributed by atoms with Gasteiger partial charge in [0.15, 0.2) is 0 Å². The smallest absolute Gasteiger partial charge is 0.246 e. The van der Waals surface area contributed by atoms with Gasteiger partial charge in [0.25, 0.3) is 0 Å². The van der Waals surface area contributed by atoms with Gasteiger partial charge in [0.05, 0.1) is 0 Å². The van der Waals surface area contributed by atoms with Gasteiger partial charge in [-0.3, -0.25) is 4.79 Å². The molecule has 0 aromatic heterocycles. The van der Waals surface area contributed by atoms with Crippen molar-refractivity contribution in [1.82, 2.24) is 0 Å². The van der Waals surface area contributed by atoms with Gasteiger partial charge in [-0.1, -0.05) is 35.0 Å². The van der Waals surface area contributed by atoms with Crippen LogP contribution < -0.4 is 10.6 Å². The molecule has 0 saturated carbocycles. The summed E-state index contributed by atoms with van der Waals surface area (Å²) in [6, 6.07) is 15.4. The van der Waals surface area contributed by atoms with E-state index in [4.69, 9.17) is 0 Å². The third kappa shape index (κ3) is 4.60. The van der Waals surface area contributed by atoms with Gasteiger partial charge >= 0.3 is 0 Å². The number of halogens is 1. The van der Waals surface area contributed by atoms with E-state index in [0.717, 1.165) is 22.3 Å². The molecule has 2 aromatic carbocycles. The summed E-state index contributed by atoms with van der Waals surface area (Å²) in [6.45, 7) is 3.95. The second kappa shape index (κ2) is 7.27. The summed E-state index contributed by atoms with van der Waals surface area (Å²) >= 11 is 3.39. The van der Waals surface area contributed by atoms with Gasteiger partial charge in [0, 0.05) is 15.8 Å². The van der Waals surface area contributed by atoms with Gasteiger partial charge in [0.1, 0.15) is 6.04 Å². The molecule has 2 N–H and O–H groups in total. The number of carbonyl (C=O) groups excluding carboxylic acids is 1. The van der Waals surface area contributed by atoms with E-state index in [9.17, 15) is 4.79 Å². The molecule has 0 saturated heterocycles. The van der Waals surface area contributed by atoms with Crippen molar-refractivity contribution in [2.24, 2.45) is 0 Å². The van der Waals surface area contributed by atoms with Gasteiger partial charge in [-0.15, -0.1) is 0 Å². The number of hydrogen-bond donors (Lipinski definition) is 2. The van der Waals surface area contributed by atoms with Crippen molar-refractivity contribution in [1.29, 1.82) is 0 Å². The molecule has 3 nitrogen and oxygen atoms in total. The maximum Gasteiger partial charge on any atom is 0.246 e. The summed E-state index contributed by atoms with van der Waals surface area (Å²) in [5.74, 6) is -0.0535. The quantitative estimate of drug-likeness (QED) is 0.839. The highest BCUT2D eigenvalue weighted by molar-refractivity contribution is 9.10. The Balaban J connectivity index is 1.93. The van der Waals surface area contributed by atoms with Crippen LogP contribution in [0.5, 0.6) is 0 Å². The summed E-state index contributed by atoms with van der Waals surface area (Å²) in [6.07, 6.45) is 0.996. The minimum Gasteiger partial charge on any atom is -0.374 e. The highest BCUT2D eigenvalue weighted by atomic mass is 79.9. The number of benzene rings is 2. The van der Waals surface area contributed by atoms with Crippen LogP contribution in [0.2, 0.25) is 0 Å². The lowest BCUT2D eigenvalue weighted by molar-refractivity contribution is -0.116. The molecule has 2 aromatic rings. The first kappa shape index (κ1) is 15.6. The molecular weight excluding hydrogens is 328 g/mol. The van der Waals surface area contributed by atoms with Crippen molar-refractivity contribution < 1.29 is 4.79 Å². The van der Waals surface area contributed by atoms with Crippen LogP contribution in [0, 0.1) is 0 Å². The van der Waals surface area contributed by atoms with Crippen molar-refractivity contribution in [3.63, 3.8) is 0 Å². The van der Waals surface area contributed by atoms with E-state index in [1.165, 1.54) is 5.56 Å². The largest absolute Gasteiger partial charge is 0.374 e. The zero-order chi connectivity index (χ0) is 15.2. The van der Waals surface area contributed by atoms with Crippen LogP contribution in [0.25, 0.3) is 0 Å². The Labute approximate surface area is 133 Å². The number of nitrogens with one attached hydrogen (secondary N) is 2. The third-order valence-electron chi connectivity index (χ3n) is 3.25. The fourth-order valence-electron chi connectivity index (χ4n) is 1.94. The molecule has 0 bridgehead atoms.